The Morgan fingerprint density at radius 3 is 2.29 bits per heavy atom. The van der Waals surface area contributed by atoms with Gasteiger partial charge in [-0.2, -0.15) is 8.78 Å². The van der Waals surface area contributed by atoms with Crippen LogP contribution in [0.1, 0.15) is 0 Å². The van der Waals surface area contributed by atoms with Crippen LogP contribution in [0, 0.1) is 0 Å². The fourth-order valence-electron chi connectivity index (χ4n) is 1.41. The minimum atomic E-state index is -4.11. The summed E-state index contributed by atoms with van der Waals surface area (Å²) in [6.07, 6.45) is -4.83. The SMILES string of the molecule is COc1ccc(OCC(O)CNCC(F)(F)C(F)F)cc1. The lowest BCUT2D eigenvalue weighted by Crippen LogP contribution is -2.42. The Morgan fingerprint density at radius 1 is 1.19 bits per heavy atom. The minimum absolute atomic E-state index is 0.153. The van der Waals surface area contributed by atoms with E-state index in [0.29, 0.717) is 11.5 Å². The Morgan fingerprint density at radius 2 is 1.76 bits per heavy atom. The number of hydrogen-bond acceptors (Lipinski definition) is 4. The third-order valence-corrected chi connectivity index (χ3v) is 2.56. The van der Waals surface area contributed by atoms with Crippen molar-refractivity contribution in [2.24, 2.45) is 0 Å². The molecule has 4 nitrogen and oxygen atoms in total. The van der Waals surface area contributed by atoms with E-state index in [1.54, 1.807) is 24.3 Å². The summed E-state index contributed by atoms with van der Waals surface area (Å²) in [6, 6.07) is 6.54. The van der Waals surface area contributed by atoms with Gasteiger partial charge in [0.05, 0.1) is 13.7 Å². The zero-order valence-corrected chi connectivity index (χ0v) is 11.4. The Hall–Kier alpha value is -1.54. The van der Waals surface area contributed by atoms with Crippen molar-refractivity contribution in [3.63, 3.8) is 0 Å². The van der Waals surface area contributed by atoms with Crippen LogP contribution < -0.4 is 14.8 Å². The molecule has 0 aliphatic carbocycles. The van der Waals surface area contributed by atoms with Gasteiger partial charge in [0, 0.05) is 6.54 Å². The molecular formula is C13H17F4NO3. The van der Waals surface area contributed by atoms with Crippen LogP contribution in [0.2, 0.25) is 0 Å². The van der Waals surface area contributed by atoms with Gasteiger partial charge in [-0.1, -0.05) is 0 Å². The number of hydrogen-bond donors (Lipinski definition) is 2. The average Bonchev–Trinajstić information content (AvgIpc) is 2.45. The number of ether oxygens (including phenoxy) is 2. The number of halogens is 4. The summed E-state index contributed by atoms with van der Waals surface area (Å²) < 4.78 is 59.1. The van der Waals surface area contributed by atoms with E-state index in [9.17, 15) is 22.7 Å². The number of nitrogens with one attached hydrogen (secondary N) is 1. The first-order valence-corrected chi connectivity index (χ1v) is 6.16. The van der Waals surface area contributed by atoms with Crippen molar-refractivity contribution in [3.8, 4) is 11.5 Å². The molecule has 0 aliphatic rings. The second-order valence-corrected chi connectivity index (χ2v) is 4.33. The van der Waals surface area contributed by atoms with Gasteiger partial charge in [-0.15, -0.1) is 0 Å². The third kappa shape index (κ3) is 6.17. The normalized spacial score (nSPS) is 13.3. The first kappa shape index (κ1) is 17.5. The van der Waals surface area contributed by atoms with Crippen LogP contribution in [0.5, 0.6) is 11.5 Å². The molecule has 1 aromatic rings. The zero-order chi connectivity index (χ0) is 15.9. The highest BCUT2D eigenvalue weighted by Gasteiger charge is 2.40. The maximum atomic E-state index is 12.6. The predicted octanol–water partition coefficient (Wildman–Crippen LogP) is 1.92. The molecular weight excluding hydrogens is 294 g/mol. The van der Waals surface area contributed by atoms with Gasteiger partial charge in [0.1, 0.15) is 24.2 Å². The second-order valence-electron chi connectivity index (χ2n) is 4.33. The van der Waals surface area contributed by atoms with Gasteiger partial charge >= 0.3 is 12.3 Å². The monoisotopic (exact) mass is 311 g/mol. The summed E-state index contributed by atoms with van der Waals surface area (Å²) in [4.78, 5) is 0. The fraction of sp³-hybridized carbons (Fsp3) is 0.538. The van der Waals surface area contributed by atoms with E-state index in [2.05, 4.69) is 5.32 Å². The number of methoxy groups -OCH3 is 1. The molecule has 0 amide bonds. The Balaban J connectivity index is 2.26. The van der Waals surface area contributed by atoms with Crippen molar-refractivity contribution < 1.29 is 32.1 Å². The molecule has 0 radical (unpaired) electrons. The van der Waals surface area contributed by atoms with Gasteiger partial charge in [-0.25, -0.2) is 8.78 Å². The van der Waals surface area contributed by atoms with Crippen LogP contribution in [0.25, 0.3) is 0 Å². The highest BCUT2D eigenvalue weighted by Crippen LogP contribution is 2.21. The highest BCUT2D eigenvalue weighted by molar-refractivity contribution is 5.31. The molecule has 120 valence electrons. The smallest absolute Gasteiger partial charge is 0.319 e. The van der Waals surface area contributed by atoms with Crippen LogP contribution in [0.3, 0.4) is 0 Å². The number of rotatable bonds is 9. The molecule has 1 unspecified atom stereocenters. The molecule has 1 aromatic carbocycles. The summed E-state index contributed by atoms with van der Waals surface area (Å²) >= 11 is 0. The van der Waals surface area contributed by atoms with Gasteiger partial charge in [0.15, 0.2) is 0 Å². The Bertz CT molecular complexity index is 414. The van der Waals surface area contributed by atoms with Crippen LogP contribution in [0.15, 0.2) is 24.3 Å². The zero-order valence-electron chi connectivity index (χ0n) is 11.4. The molecule has 0 aromatic heterocycles. The molecule has 0 aliphatic heterocycles. The van der Waals surface area contributed by atoms with Crippen molar-refractivity contribution in [1.82, 2.24) is 5.32 Å². The van der Waals surface area contributed by atoms with Crippen molar-refractivity contribution in [1.29, 1.82) is 0 Å². The molecule has 0 saturated carbocycles. The molecule has 21 heavy (non-hydrogen) atoms. The van der Waals surface area contributed by atoms with Gasteiger partial charge in [-0.3, -0.25) is 0 Å². The van der Waals surface area contributed by atoms with Gasteiger partial charge in [0.25, 0.3) is 0 Å². The maximum Gasteiger partial charge on any atom is 0.319 e. The lowest BCUT2D eigenvalue weighted by atomic mass is 10.3. The molecule has 1 rings (SSSR count). The van der Waals surface area contributed by atoms with Crippen molar-refractivity contribution >= 4 is 0 Å². The summed E-state index contributed by atoms with van der Waals surface area (Å²) in [5.74, 6) is -3.01. The first-order valence-electron chi connectivity index (χ1n) is 6.16. The van der Waals surface area contributed by atoms with Crippen LogP contribution in [-0.4, -0.2) is 50.4 Å². The van der Waals surface area contributed by atoms with Crippen molar-refractivity contribution in [2.75, 3.05) is 26.8 Å². The Labute approximate surface area is 119 Å². The molecule has 2 N–H and O–H groups in total. The van der Waals surface area contributed by atoms with Crippen molar-refractivity contribution in [2.45, 2.75) is 18.5 Å². The first-order chi connectivity index (χ1) is 9.85. The topological polar surface area (TPSA) is 50.7 Å². The number of aliphatic hydroxyl groups excluding tert-OH is 1. The largest absolute Gasteiger partial charge is 0.497 e. The maximum absolute atomic E-state index is 12.6. The standard InChI is InChI=1S/C13H17F4NO3/c1-20-10-2-4-11(5-3-10)21-7-9(19)6-18-8-13(16,17)12(14)15/h2-5,9,12,18-19H,6-8H2,1H3. The molecule has 0 saturated heterocycles. The summed E-state index contributed by atoms with van der Waals surface area (Å²) in [5, 5.41) is 11.6. The summed E-state index contributed by atoms with van der Waals surface area (Å²) in [7, 11) is 1.51. The van der Waals surface area contributed by atoms with E-state index >= 15 is 0 Å². The number of alkyl halides is 4. The molecule has 0 heterocycles. The van der Waals surface area contributed by atoms with Crippen molar-refractivity contribution in [3.05, 3.63) is 24.3 Å². The quantitative estimate of drug-likeness (QED) is 0.684. The van der Waals surface area contributed by atoms with E-state index in [-0.39, 0.29) is 13.2 Å². The molecule has 1 atom stereocenters. The number of aliphatic hydroxyl groups is 1. The van der Waals surface area contributed by atoms with Crippen LogP contribution in [0.4, 0.5) is 17.6 Å². The van der Waals surface area contributed by atoms with Gasteiger partial charge in [0.2, 0.25) is 0 Å². The molecule has 0 bridgehead atoms. The summed E-state index contributed by atoms with van der Waals surface area (Å²) in [6.45, 7) is -1.64. The molecule has 8 heteroatoms. The molecule has 0 spiro atoms. The Kier molecular flexibility index (Phi) is 6.70. The lowest BCUT2D eigenvalue weighted by molar-refractivity contribution is -0.125. The van der Waals surface area contributed by atoms with E-state index in [4.69, 9.17) is 9.47 Å². The summed E-state index contributed by atoms with van der Waals surface area (Å²) in [5.41, 5.74) is 0. The minimum Gasteiger partial charge on any atom is -0.497 e. The number of benzene rings is 1. The van der Waals surface area contributed by atoms with E-state index in [0.717, 1.165) is 0 Å². The lowest BCUT2D eigenvalue weighted by Gasteiger charge is -2.18. The molecule has 0 fully saturated rings. The highest BCUT2D eigenvalue weighted by atomic mass is 19.3. The van der Waals surface area contributed by atoms with E-state index in [1.165, 1.54) is 7.11 Å². The average molecular weight is 311 g/mol. The van der Waals surface area contributed by atoms with Gasteiger partial charge < -0.3 is 19.9 Å². The van der Waals surface area contributed by atoms with E-state index < -0.39 is 25.0 Å². The van der Waals surface area contributed by atoms with E-state index in [1.807, 2.05) is 0 Å². The fourth-order valence-corrected chi connectivity index (χ4v) is 1.41. The van der Waals surface area contributed by atoms with Crippen LogP contribution in [-0.2, 0) is 0 Å². The van der Waals surface area contributed by atoms with Crippen LogP contribution >= 0.6 is 0 Å². The van der Waals surface area contributed by atoms with Gasteiger partial charge in [-0.05, 0) is 24.3 Å². The third-order valence-electron chi connectivity index (χ3n) is 2.56. The predicted molar refractivity (Wildman–Crippen MR) is 68.3 cm³/mol. The second kappa shape index (κ2) is 8.04.